The smallest absolute Gasteiger partial charge is 0.0897 e. The fourth-order valence-electron chi connectivity index (χ4n) is 3.24. The van der Waals surface area contributed by atoms with Gasteiger partial charge in [-0.25, -0.2) is 0 Å². The zero-order chi connectivity index (χ0) is 15.5. The highest BCUT2D eigenvalue weighted by molar-refractivity contribution is 4.75. The van der Waals surface area contributed by atoms with Gasteiger partial charge >= 0.3 is 0 Å². The Bertz CT molecular complexity index is 250. The van der Waals surface area contributed by atoms with Gasteiger partial charge in [-0.3, -0.25) is 0 Å². The van der Waals surface area contributed by atoms with Crippen molar-refractivity contribution in [3.8, 4) is 0 Å². The Balaban J connectivity index is 2.13. The molecule has 0 aliphatic heterocycles. The monoisotopic (exact) mass is 301 g/mol. The quantitative estimate of drug-likeness (QED) is 0.548. The Hall–Kier alpha value is -0.160. The van der Waals surface area contributed by atoms with E-state index < -0.39 is 6.10 Å². The Labute approximate surface area is 130 Å². The van der Waals surface area contributed by atoms with E-state index in [2.05, 4.69) is 19.2 Å². The minimum Gasteiger partial charge on any atom is -0.396 e. The molecule has 0 heterocycles. The molecular weight excluding hydrogens is 266 g/mol. The van der Waals surface area contributed by atoms with Crippen LogP contribution in [0, 0.1) is 11.8 Å². The summed E-state index contributed by atoms with van der Waals surface area (Å²) < 4.78 is 5.95. The van der Waals surface area contributed by atoms with Crippen molar-refractivity contribution in [3.05, 3.63) is 0 Å². The van der Waals surface area contributed by atoms with Crippen LogP contribution >= 0.6 is 0 Å². The van der Waals surface area contributed by atoms with E-state index in [-0.39, 0.29) is 6.61 Å². The van der Waals surface area contributed by atoms with Gasteiger partial charge < -0.3 is 20.3 Å². The second kappa shape index (κ2) is 11.4. The SMILES string of the molecule is CCC(CCO)CNCC(O)COC1CCCCC1CC. The maximum absolute atomic E-state index is 10.0. The van der Waals surface area contributed by atoms with Gasteiger partial charge in [-0.2, -0.15) is 0 Å². The average molecular weight is 301 g/mol. The summed E-state index contributed by atoms with van der Waals surface area (Å²) in [5.41, 5.74) is 0. The molecule has 0 bridgehead atoms. The summed E-state index contributed by atoms with van der Waals surface area (Å²) in [5.74, 6) is 1.17. The Morgan fingerprint density at radius 2 is 1.95 bits per heavy atom. The van der Waals surface area contributed by atoms with Crippen molar-refractivity contribution in [1.29, 1.82) is 0 Å². The fraction of sp³-hybridized carbons (Fsp3) is 1.00. The molecule has 126 valence electrons. The zero-order valence-corrected chi connectivity index (χ0v) is 13.9. The zero-order valence-electron chi connectivity index (χ0n) is 13.9. The summed E-state index contributed by atoms with van der Waals surface area (Å²) in [6.45, 7) is 6.48. The second-order valence-corrected chi connectivity index (χ2v) is 6.42. The van der Waals surface area contributed by atoms with Crippen LogP contribution in [0.1, 0.15) is 58.8 Å². The summed E-state index contributed by atoms with van der Waals surface area (Å²) in [5, 5.41) is 22.3. The lowest BCUT2D eigenvalue weighted by Gasteiger charge is -2.31. The Kier molecular flexibility index (Phi) is 10.3. The van der Waals surface area contributed by atoms with Crippen LogP contribution in [-0.2, 0) is 4.74 Å². The van der Waals surface area contributed by atoms with Crippen molar-refractivity contribution in [2.45, 2.75) is 71.0 Å². The number of rotatable bonds is 11. The first-order valence-electron chi connectivity index (χ1n) is 8.82. The standard InChI is InChI=1S/C17H35NO3/c1-3-14(9-10-19)11-18-12-16(20)13-21-17-8-6-5-7-15(17)4-2/h14-20H,3-13H2,1-2H3. The predicted octanol–water partition coefficient (Wildman–Crippen LogP) is 2.33. The number of hydrogen-bond acceptors (Lipinski definition) is 4. The van der Waals surface area contributed by atoms with Crippen LogP contribution in [0.15, 0.2) is 0 Å². The summed E-state index contributed by atoms with van der Waals surface area (Å²) in [7, 11) is 0. The van der Waals surface area contributed by atoms with Crippen molar-refractivity contribution in [3.63, 3.8) is 0 Å². The highest BCUT2D eigenvalue weighted by Crippen LogP contribution is 2.29. The molecule has 0 aromatic carbocycles. The fourth-order valence-corrected chi connectivity index (χ4v) is 3.24. The van der Waals surface area contributed by atoms with E-state index in [9.17, 15) is 5.11 Å². The van der Waals surface area contributed by atoms with Gasteiger partial charge in [-0.15, -0.1) is 0 Å². The topological polar surface area (TPSA) is 61.7 Å². The van der Waals surface area contributed by atoms with Crippen LogP contribution in [0.25, 0.3) is 0 Å². The molecule has 0 radical (unpaired) electrons. The molecule has 0 aromatic heterocycles. The molecule has 1 fully saturated rings. The molecule has 4 atom stereocenters. The average Bonchev–Trinajstić information content (AvgIpc) is 2.52. The van der Waals surface area contributed by atoms with Crippen LogP contribution < -0.4 is 5.32 Å². The largest absolute Gasteiger partial charge is 0.396 e. The van der Waals surface area contributed by atoms with Gasteiger partial charge in [0.15, 0.2) is 0 Å². The maximum atomic E-state index is 10.0. The van der Waals surface area contributed by atoms with E-state index >= 15 is 0 Å². The minimum atomic E-state index is -0.434. The number of ether oxygens (including phenoxy) is 1. The van der Waals surface area contributed by atoms with E-state index in [4.69, 9.17) is 9.84 Å². The lowest BCUT2D eigenvalue weighted by molar-refractivity contribution is -0.0500. The molecule has 0 saturated heterocycles. The molecule has 21 heavy (non-hydrogen) atoms. The molecule has 1 rings (SSSR count). The lowest BCUT2D eigenvalue weighted by Crippen LogP contribution is -2.36. The minimum absolute atomic E-state index is 0.242. The molecule has 1 aliphatic rings. The molecule has 4 unspecified atom stereocenters. The number of aliphatic hydroxyl groups excluding tert-OH is 2. The van der Waals surface area contributed by atoms with Crippen LogP contribution in [0.3, 0.4) is 0 Å². The van der Waals surface area contributed by atoms with Crippen molar-refractivity contribution in [2.75, 3.05) is 26.3 Å². The van der Waals surface area contributed by atoms with Crippen molar-refractivity contribution in [2.24, 2.45) is 11.8 Å². The van der Waals surface area contributed by atoms with Crippen LogP contribution in [-0.4, -0.2) is 48.7 Å². The van der Waals surface area contributed by atoms with Gasteiger partial charge in [-0.1, -0.05) is 39.5 Å². The summed E-state index contributed by atoms with van der Waals surface area (Å²) in [4.78, 5) is 0. The summed E-state index contributed by atoms with van der Waals surface area (Å²) in [6.07, 6.45) is 7.98. The van der Waals surface area contributed by atoms with E-state index in [1.807, 2.05) is 0 Å². The number of hydrogen-bond donors (Lipinski definition) is 3. The van der Waals surface area contributed by atoms with Gasteiger partial charge in [0.25, 0.3) is 0 Å². The van der Waals surface area contributed by atoms with E-state index in [1.54, 1.807) is 0 Å². The van der Waals surface area contributed by atoms with Crippen molar-refractivity contribution >= 4 is 0 Å². The highest BCUT2D eigenvalue weighted by atomic mass is 16.5. The van der Waals surface area contributed by atoms with Gasteiger partial charge in [-0.05, 0) is 37.6 Å². The van der Waals surface area contributed by atoms with Crippen molar-refractivity contribution in [1.82, 2.24) is 5.32 Å². The van der Waals surface area contributed by atoms with Gasteiger partial charge in [0, 0.05) is 13.2 Å². The first-order valence-corrected chi connectivity index (χ1v) is 8.82. The predicted molar refractivity (Wildman–Crippen MR) is 86.3 cm³/mol. The van der Waals surface area contributed by atoms with Gasteiger partial charge in [0.1, 0.15) is 0 Å². The lowest BCUT2D eigenvalue weighted by atomic mass is 9.85. The molecule has 1 saturated carbocycles. The van der Waals surface area contributed by atoms with E-state index in [1.165, 1.54) is 25.7 Å². The molecule has 1 aliphatic carbocycles. The van der Waals surface area contributed by atoms with Gasteiger partial charge in [0.05, 0.1) is 18.8 Å². The molecule has 0 amide bonds. The summed E-state index contributed by atoms with van der Waals surface area (Å²) in [6, 6.07) is 0. The Morgan fingerprint density at radius 1 is 1.19 bits per heavy atom. The normalized spacial score (nSPS) is 25.7. The third-order valence-corrected chi connectivity index (χ3v) is 4.79. The van der Waals surface area contributed by atoms with Gasteiger partial charge in [0.2, 0.25) is 0 Å². The second-order valence-electron chi connectivity index (χ2n) is 6.42. The third-order valence-electron chi connectivity index (χ3n) is 4.79. The van der Waals surface area contributed by atoms with Crippen molar-refractivity contribution < 1.29 is 14.9 Å². The first-order chi connectivity index (χ1) is 10.2. The maximum Gasteiger partial charge on any atom is 0.0897 e. The Morgan fingerprint density at radius 3 is 2.62 bits per heavy atom. The molecule has 3 N–H and O–H groups in total. The molecular formula is C17H35NO3. The van der Waals surface area contributed by atoms with Crippen LogP contribution in [0.5, 0.6) is 0 Å². The van der Waals surface area contributed by atoms with Crippen LogP contribution in [0.4, 0.5) is 0 Å². The molecule has 0 aromatic rings. The number of aliphatic hydroxyl groups is 2. The number of nitrogens with one attached hydrogen (secondary N) is 1. The molecule has 4 heteroatoms. The first kappa shape index (κ1) is 18.9. The molecule has 0 spiro atoms. The summed E-state index contributed by atoms with van der Waals surface area (Å²) >= 11 is 0. The van der Waals surface area contributed by atoms with E-state index in [0.29, 0.717) is 31.1 Å². The highest BCUT2D eigenvalue weighted by Gasteiger charge is 2.24. The molecule has 4 nitrogen and oxygen atoms in total. The van der Waals surface area contributed by atoms with E-state index in [0.717, 1.165) is 25.8 Å². The third kappa shape index (κ3) is 7.59. The van der Waals surface area contributed by atoms with Crippen LogP contribution in [0.2, 0.25) is 0 Å².